The average Bonchev–Trinajstić information content (AvgIpc) is 3.06. The number of hydrogen-bond donors (Lipinski definition) is 1. The van der Waals surface area contributed by atoms with Crippen molar-refractivity contribution in [1.82, 2.24) is 10.2 Å². The maximum absolute atomic E-state index is 12.2. The first-order chi connectivity index (χ1) is 10.2. The van der Waals surface area contributed by atoms with Crippen molar-refractivity contribution in [2.75, 3.05) is 13.1 Å². The lowest BCUT2D eigenvalue weighted by molar-refractivity contribution is -0.127. The van der Waals surface area contributed by atoms with Crippen molar-refractivity contribution in [2.45, 2.75) is 45.6 Å². The third-order valence-electron chi connectivity index (χ3n) is 4.22. The number of hydrogen-bond acceptors (Lipinski definition) is 3. The topological polar surface area (TPSA) is 62.6 Å². The summed E-state index contributed by atoms with van der Waals surface area (Å²) in [5.74, 6) is 0.439. The van der Waals surface area contributed by atoms with E-state index >= 15 is 0 Å². The minimum Gasteiger partial charge on any atom is -0.459 e. The quantitative estimate of drug-likeness (QED) is 0.906. The van der Waals surface area contributed by atoms with Gasteiger partial charge in [0.05, 0.1) is 6.26 Å². The van der Waals surface area contributed by atoms with Crippen molar-refractivity contribution in [3.8, 4) is 0 Å². The van der Waals surface area contributed by atoms with Crippen LogP contribution in [-0.2, 0) is 4.79 Å². The van der Waals surface area contributed by atoms with Gasteiger partial charge >= 0.3 is 0 Å². The number of furan rings is 1. The van der Waals surface area contributed by atoms with Gasteiger partial charge in [-0.3, -0.25) is 9.59 Å². The van der Waals surface area contributed by atoms with Gasteiger partial charge in [-0.05, 0) is 37.8 Å². The fraction of sp³-hybridized carbons (Fsp3) is 0.625. The van der Waals surface area contributed by atoms with E-state index in [1.165, 1.54) is 6.26 Å². The smallest absolute Gasteiger partial charge is 0.289 e. The Hall–Kier alpha value is -1.78. The minimum absolute atomic E-state index is 0.0197. The van der Waals surface area contributed by atoms with Crippen molar-refractivity contribution < 1.29 is 14.0 Å². The van der Waals surface area contributed by atoms with Gasteiger partial charge in [-0.2, -0.15) is 0 Å². The van der Waals surface area contributed by atoms with E-state index in [0.717, 1.165) is 25.7 Å². The van der Waals surface area contributed by atoms with Crippen molar-refractivity contribution in [3.63, 3.8) is 0 Å². The molecule has 1 N–H and O–H groups in total. The Labute approximate surface area is 125 Å². The van der Waals surface area contributed by atoms with E-state index in [1.54, 1.807) is 17.0 Å². The number of likely N-dealkylation sites (tertiary alicyclic amines) is 1. The molecule has 2 amide bonds. The number of nitrogens with zero attached hydrogens (tertiary/aromatic N) is 1. The predicted octanol–water partition coefficient (Wildman–Crippen LogP) is 2.44. The molecular formula is C16H24N2O3. The molecule has 1 aromatic rings. The maximum atomic E-state index is 12.2. The molecule has 0 unspecified atom stereocenters. The summed E-state index contributed by atoms with van der Waals surface area (Å²) in [6, 6.07) is 3.65. The molecule has 0 aliphatic carbocycles. The van der Waals surface area contributed by atoms with Crippen LogP contribution in [-0.4, -0.2) is 35.8 Å². The Bertz CT molecular complexity index is 458. The number of rotatable bonds is 5. The first-order valence-electron chi connectivity index (χ1n) is 7.78. The predicted molar refractivity (Wildman–Crippen MR) is 79.8 cm³/mol. The van der Waals surface area contributed by atoms with Crippen LogP contribution in [0.3, 0.4) is 0 Å². The summed E-state index contributed by atoms with van der Waals surface area (Å²) in [6.07, 6.45) is 4.86. The Morgan fingerprint density at radius 2 is 2.00 bits per heavy atom. The molecule has 5 heteroatoms. The lowest BCUT2D eigenvalue weighted by Gasteiger charge is -2.31. The summed E-state index contributed by atoms with van der Waals surface area (Å²) in [5.41, 5.74) is 0. The Kier molecular flexibility index (Phi) is 5.42. The normalized spacial score (nSPS) is 16.2. The van der Waals surface area contributed by atoms with Gasteiger partial charge in [0.15, 0.2) is 5.76 Å². The fourth-order valence-electron chi connectivity index (χ4n) is 2.71. The molecule has 0 radical (unpaired) electrons. The van der Waals surface area contributed by atoms with Crippen molar-refractivity contribution in [3.05, 3.63) is 24.2 Å². The number of nitrogens with one attached hydrogen (secondary N) is 1. The van der Waals surface area contributed by atoms with Gasteiger partial charge in [-0.1, -0.05) is 13.8 Å². The zero-order valence-corrected chi connectivity index (χ0v) is 12.8. The highest BCUT2D eigenvalue weighted by atomic mass is 16.3. The third kappa shape index (κ3) is 3.86. The summed E-state index contributed by atoms with van der Waals surface area (Å²) in [6.45, 7) is 5.39. The molecule has 2 rings (SSSR count). The van der Waals surface area contributed by atoms with Gasteiger partial charge in [0.1, 0.15) is 0 Å². The Morgan fingerprint density at radius 3 is 2.52 bits per heavy atom. The van der Waals surface area contributed by atoms with Gasteiger partial charge < -0.3 is 14.6 Å². The molecule has 0 spiro atoms. The lowest BCUT2D eigenvalue weighted by Crippen LogP contribution is -2.45. The number of piperidine rings is 1. The second kappa shape index (κ2) is 7.29. The molecule has 0 atom stereocenters. The van der Waals surface area contributed by atoms with Crippen LogP contribution >= 0.6 is 0 Å². The summed E-state index contributed by atoms with van der Waals surface area (Å²) in [7, 11) is 0. The van der Waals surface area contributed by atoms with E-state index < -0.39 is 0 Å². The molecule has 1 fully saturated rings. The van der Waals surface area contributed by atoms with Crippen LogP contribution in [0.4, 0.5) is 0 Å². The van der Waals surface area contributed by atoms with Gasteiger partial charge in [0.2, 0.25) is 5.91 Å². The molecule has 1 aliphatic rings. The second-order valence-electron chi connectivity index (χ2n) is 5.57. The third-order valence-corrected chi connectivity index (χ3v) is 4.22. The van der Waals surface area contributed by atoms with E-state index in [-0.39, 0.29) is 23.8 Å². The van der Waals surface area contributed by atoms with Crippen LogP contribution in [0.15, 0.2) is 22.8 Å². The zero-order chi connectivity index (χ0) is 15.2. The Balaban J connectivity index is 1.83. The second-order valence-corrected chi connectivity index (χ2v) is 5.57. The standard InChI is InChI=1S/C16H24N2O3/c1-3-13(4-2)17-15(19)12-7-9-18(10-8-12)16(20)14-6-5-11-21-14/h5-6,11-13H,3-4,7-10H2,1-2H3,(H,17,19). The van der Waals surface area contributed by atoms with Crippen LogP contribution in [0.1, 0.15) is 50.1 Å². The van der Waals surface area contributed by atoms with Crippen LogP contribution < -0.4 is 5.32 Å². The molecule has 1 aliphatic heterocycles. The van der Waals surface area contributed by atoms with Gasteiger partial charge in [0.25, 0.3) is 5.91 Å². The van der Waals surface area contributed by atoms with E-state index in [2.05, 4.69) is 19.2 Å². The zero-order valence-electron chi connectivity index (χ0n) is 12.8. The average molecular weight is 292 g/mol. The molecule has 21 heavy (non-hydrogen) atoms. The summed E-state index contributed by atoms with van der Waals surface area (Å²) in [5, 5.41) is 3.10. The van der Waals surface area contributed by atoms with Gasteiger partial charge in [-0.15, -0.1) is 0 Å². The molecule has 5 nitrogen and oxygen atoms in total. The lowest BCUT2D eigenvalue weighted by atomic mass is 9.95. The van der Waals surface area contributed by atoms with E-state index in [0.29, 0.717) is 18.8 Å². The fourth-order valence-corrected chi connectivity index (χ4v) is 2.71. The van der Waals surface area contributed by atoms with Crippen molar-refractivity contribution >= 4 is 11.8 Å². The molecule has 0 aromatic carbocycles. The van der Waals surface area contributed by atoms with Gasteiger partial charge in [0, 0.05) is 25.0 Å². The van der Waals surface area contributed by atoms with Crippen LogP contribution in [0.5, 0.6) is 0 Å². The SMILES string of the molecule is CCC(CC)NC(=O)C1CCN(C(=O)c2ccco2)CC1. The monoisotopic (exact) mass is 292 g/mol. The van der Waals surface area contributed by atoms with Crippen LogP contribution in [0.2, 0.25) is 0 Å². The first kappa shape index (κ1) is 15.6. The highest BCUT2D eigenvalue weighted by Gasteiger charge is 2.29. The Morgan fingerprint density at radius 1 is 1.33 bits per heavy atom. The van der Waals surface area contributed by atoms with Crippen LogP contribution in [0, 0.1) is 5.92 Å². The molecule has 1 aromatic heterocycles. The molecule has 1 saturated heterocycles. The highest BCUT2D eigenvalue weighted by Crippen LogP contribution is 2.20. The maximum Gasteiger partial charge on any atom is 0.289 e. The molecule has 116 valence electrons. The van der Waals surface area contributed by atoms with Crippen LogP contribution in [0.25, 0.3) is 0 Å². The molecule has 0 saturated carbocycles. The largest absolute Gasteiger partial charge is 0.459 e. The van der Waals surface area contributed by atoms with Crippen molar-refractivity contribution in [1.29, 1.82) is 0 Å². The first-order valence-corrected chi connectivity index (χ1v) is 7.78. The number of carbonyl (C=O) groups is 2. The summed E-state index contributed by atoms with van der Waals surface area (Å²) in [4.78, 5) is 26.1. The minimum atomic E-state index is -0.0844. The highest BCUT2D eigenvalue weighted by molar-refractivity contribution is 5.91. The number of amides is 2. The van der Waals surface area contributed by atoms with E-state index in [4.69, 9.17) is 4.42 Å². The molecule has 2 heterocycles. The van der Waals surface area contributed by atoms with E-state index in [1.807, 2.05) is 0 Å². The summed E-state index contributed by atoms with van der Waals surface area (Å²) < 4.78 is 5.13. The number of carbonyl (C=O) groups excluding carboxylic acids is 2. The molecule has 0 bridgehead atoms. The molecular weight excluding hydrogens is 268 g/mol. The van der Waals surface area contributed by atoms with E-state index in [9.17, 15) is 9.59 Å². The van der Waals surface area contributed by atoms with Crippen molar-refractivity contribution in [2.24, 2.45) is 5.92 Å². The summed E-state index contributed by atoms with van der Waals surface area (Å²) >= 11 is 0. The van der Waals surface area contributed by atoms with Gasteiger partial charge in [-0.25, -0.2) is 0 Å².